The van der Waals surface area contributed by atoms with Crippen molar-refractivity contribution in [3.63, 3.8) is 0 Å². The van der Waals surface area contributed by atoms with Crippen LogP contribution in [0.1, 0.15) is 17.5 Å². The number of ether oxygens (including phenoxy) is 3. The lowest BCUT2D eigenvalue weighted by Crippen LogP contribution is -2.59. The predicted molar refractivity (Wildman–Crippen MR) is 159 cm³/mol. The van der Waals surface area contributed by atoms with Crippen molar-refractivity contribution < 1.29 is 50.5 Å². The number of carbonyl (C=O) groups is 2. The van der Waals surface area contributed by atoms with E-state index in [1.54, 1.807) is 12.1 Å². The van der Waals surface area contributed by atoms with Crippen LogP contribution in [0.4, 0.5) is 18.9 Å². The molecule has 1 fully saturated rings. The number of rotatable bonds is 8. The standard InChI is InChI=1S/C30H29ClF3N3O8S/c1-35(2)27(39)23-14-18(38)16-36(23)29(20-7-5-6-8-24(20)44-4)21-13-17(31)9-11-22(21)37(28(29)40)46(41,42)26-12-10-19(43-3)15-25(26)45-30(32,33)34/h5-13,15,18,23,38H,14,16H2,1-4H3/t18-,23+,29?/m0/s1. The lowest BCUT2D eigenvalue weighted by Gasteiger charge is -2.42. The minimum absolute atomic E-state index is 0.00414. The van der Waals surface area contributed by atoms with Crippen LogP contribution in [0, 0.1) is 0 Å². The van der Waals surface area contributed by atoms with E-state index < -0.39 is 56.5 Å². The Hall–Kier alpha value is -4.05. The molecule has 0 saturated carbocycles. The molecule has 16 heteroatoms. The van der Waals surface area contributed by atoms with Crippen molar-refractivity contribution in [3.8, 4) is 17.2 Å². The number of β-amino-alcohol motifs (C(OH)–C–C–N with tert-alkyl or cyclic N) is 1. The van der Waals surface area contributed by atoms with Gasteiger partial charge in [0.25, 0.3) is 15.9 Å². The maximum atomic E-state index is 15.1. The molecule has 0 radical (unpaired) electrons. The maximum Gasteiger partial charge on any atom is 0.573 e. The summed E-state index contributed by atoms with van der Waals surface area (Å²) in [6.45, 7) is -0.265. The van der Waals surface area contributed by atoms with Gasteiger partial charge in [0, 0.05) is 42.9 Å². The van der Waals surface area contributed by atoms with Crippen LogP contribution in [0.2, 0.25) is 5.02 Å². The van der Waals surface area contributed by atoms with Crippen LogP contribution in [0.3, 0.4) is 0 Å². The normalized spacial score (nSPS) is 21.7. The number of nitrogens with zero attached hydrogens (tertiary/aromatic N) is 3. The fraction of sp³-hybridized carbons (Fsp3) is 0.333. The molecule has 1 N–H and O–H groups in total. The Bertz CT molecular complexity index is 1810. The Morgan fingerprint density at radius 3 is 2.35 bits per heavy atom. The average molecular weight is 684 g/mol. The highest BCUT2D eigenvalue weighted by Crippen LogP contribution is 2.55. The van der Waals surface area contributed by atoms with Gasteiger partial charge in [-0.05, 0) is 42.8 Å². The number of likely N-dealkylation sites (tertiary alicyclic amines) is 1. The summed E-state index contributed by atoms with van der Waals surface area (Å²) in [5.74, 6) is -2.81. The molecule has 2 aliphatic rings. The van der Waals surface area contributed by atoms with Gasteiger partial charge in [-0.2, -0.15) is 0 Å². The van der Waals surface area contributed by atoms with Crippen LogP contribution < -0.4 is 18.5 Å². The molecule has 2 aliphatic heterocycles. The Labute approximate surface area is 267 Å². The molecule has 11 nitrogen and oxygen atoms in total. The third-order valence-electron chi connectivity index (χ3n) is 7.89. The van der Waals surface area contributed by atoms with E-state index in [0.29, 0.717) is 4.31 Å². The number of benzene rings is 3. The predicted octanol–water partition coefficient (Wildman–Crippen LogP) is 3.76. The second-order valence-corrected chi connectivity index (χ2v) is 13.0. The summed E-state index contributed by atoms with van der Waals surface area (Å²) in [5, 5.41) is 11.0. The van der Waals surface area contributed by atoms with Gasteiger partial charge < -0.3 is 24.2 Å². The Kier molecular flexibility index (Phi) is 8.66. The zero-order chi connectivity index (χ0) is 33.8. The summed E-state index contributed by atoms with van der Waals surface area (Å²) >= 11 is 6.44. The Morgan fingerprint density at radius 1 is 1.02 bits per heavy atom. The fourth-order valence-corrected chi connectivity index (χ4v) is 7.80. The quantitative estimate of drug-likeness (QED) is 0.378. The van der Waals surface area contributed by atoms with E-state index in [1.807, 2.05) is 0 Å². The molecule has 246 valence electrons. The topological polar surface area (TPSA) is 126 Å². The number of hydrogen-bond acceptors (Lipinski definition) is 9. The Balaban J connectivity index is 1.85. The van der Waals surface area contributed by atoms with E-state index in [-0.39, 0.29) is 46.3 Å². The van der Waals surface area contributed by atoms with Gasteiger partial charge in [0.15, 0.2) is 11.3 Å². The zero-order valence-corrected chi connectivity index (χ0v) is 26.5. The highest BCUT2D eigenvalue weighted by molar-refractivity contribution is 7.93. The monoisotopic (exact) mass is 683 g/mol. The number of carbonyl (C=O) groups excluding carboxylic acids is 2. The molecule has 0 aromatic heterocycles. The number of likely N-dealkylation sites (N-methyl/N-ethyl adjacent to an activating group) is 1. The van der Waals surface area contributed by atoms with Crippen molar-refractivity contribution in [2.24, 2.45) is 0 Å². The minimum atomic E-state index is -5.30. The van der Waals surface area contributed by atoms with Gasteiger partial charge in [-0.15, -0.1) is 13.2 Å². The van der Waals surface area contributed by atoms with Crippen LogP contribution in [-0.2, 0) is 25.2 Å². The number of fused-ring (bicyclic) bond motifs is 1. The van der Waals surface area contributed by atoms with Crippen molar-refractivity contribution in [1.29, 1.82) is 0 Å². The van der Waals surface area contributed by atoms with E-state index in [4.69, 9.17) is 21.1 Å². The van der Waals surface area contributed by atoms with Gasteiger partial charge in [0.2, 0.25) is 5.91 Å². The average Bonchev–Trinajstić information content (AvgIpc) is 3.50. The molecule has 3 aromatic rings. The number of methoxy groups -OCH3 is 2. The van der Waals surface area contributed by atoms with Gasteiger partial charge in [-0.1, -0.05) is 29.8 Å². The molecule has 1 saturated heterocycles. The highest BCUT2D eigenvalue weighted by atomic mass is 35.5. The van der Waals surface area contributed by atoms with Crippen molar-refractivity contribution in [2.75, 3.05) is 39.2 Å². The molecule has 0 aliphatic carbocycles. The first-order chi connectivity index (χ1) is 21.6. The second-order valence-electron chi connectivity index (χ2n) is 10.8. The lowest BCUT2D eigenvalue weighted by molar-refractivity contribution is -0.275. The summed E-state index contributed by atoms with van der Waals surface area (Å²) in [4.78, 5) is 30.4. The van der Waals surface area contributed by atoms with Crippen LogP contribution in [0.25, 0.3) is 0 Å². The molecule has 1 unspecified atom stereocenters. The minimum Gasteiger partial charge on any atom is -0.497 e. The molecule has 0 spiro atoms. The second kappa shape index (κ2) is 12.0. The number of aliphatic hydroxyl groups excluding tert-OH is 1. The van der Waals surface area contributed by atoms with Gasteiger partial charge in [0.1, 0.15) is 16.4 Å². The van der Waals surface area contributed by atoms with Crippen molar-refractivity contribution >= 4 is 39.1 Å². The molecular weight excluding hydrogens is 655 g/mol. The maximum absolute atomic E-state index is 15.1. The lowest BCUT2D eigenvalue weighted by atomic mass is 9.80. The van der Waals surface area contributed by atoms with Gasteiger partial charge in [0.05, 0.1) is 32.1 Å². The number of anilines is 1. The first-order valence-electron chi connectivity index (χ1n) is 13.7. The Morgan fingerprint density at radius 2 is 1.72 bits per heavy atom. The van der Waals surface area contributed by atoms with Gasteiger partial charge in [-0.3, -0.25) is 14.5 Å². The third kappa shape index (κ3) is 5.40. The third-order valence-corrected chi connectivity index (χ3v) is 9.86. The highest BCUT2D eigenvalue weighted by Gasteiger charge is 2.64. The molecule has 0 bridgehead atoms. The SMILES string of the molecule is COc1ccc(S(=O)(=O)N2C(=O)C(c3ccccc3OC)(N3C[C@@H](O)C[C@@H]3C(=O)N(C)C)c3cc(Cl)ccc32)c(OC(F)(F)F)c1. The van der Waals surface area contributed by atoms with Crippen LogP contribution >= 0.6 is 11.6 Å². The summed E-state index contributed by atoms with van der Waals surface area (Å²) in [6, 6.07) is 11.7. The first kappa shape index (κ1) is 33.3. The number of alkyl halides is 3. The van der Waals surface area contributed by atoms with Crippen molar-refractivity contribution in [2.45, 2.75) is 35.4 Å². The molecule has 5 rings (SSSR count). The molecular formula is C30H29ClF3N3O8S. The number of hydrogen-bond donors (Lipinski definition) is 1. The molecule has 46 heavy (non-hydrogen) atoms. The molecule has 2 amide bonds. The van der Waals surface area contributed by atoms with E-state index in [2.05, 4.69) is 4.74 Å². The molecule has 3 aromatic carbocycles. The van der Waals surface area contributed by atoms with E-state index >= 15 is 4.79 Å². The first-order valence-corrected chi connectivity index (χ1v) is 15.5. The van der Waals surface area contributed by atoms with Crippen LogP contribution in [-0.4, -0.2) is 88.5 Å². The number of para-hydroxylation sites is 1. The van der Waals surface area contributed by atoms with Crippen molar-refractivity contribution in [1.82, 2.24) is 9.80 Å². The summed E-state index contributed by atoms with van der Waals surface area (Å²) in [7, 11) is 0.280. The van der Waals surface area contributed by atoms with E-state index in [9.17, 15) is 31.5 Å². The number of aliphatic hydroxyl groups is 1. The summed E-state index contributed by atoms with van der Waals surface area (Å²) < 4.78 is 84.5. The number of halogens is 4. The van der Waals surface area contributed by atoms with Gasteiger partial charge in [-0.25, -0.2) is 12.7 Å². The molecule has 2 heterocycles. The summed E-state index contributed by atoms with van der Waals surface area (Å²) in [5.41, 5.74) is -2.32. The zero-order valence-electron chi connectivity index (χ0n) is 24.9. The number of sulfonamides is 1. The molecule has 3 atom stereocenters. The van der Waals surface area contributed by atoms with Crippen LogP contribution in [0.15, 0.2) is 65.6 Å². The van der Waals surface area contributed by atoms with E-state index in [0.717, 1.165) is 18.2 Å². The van der Waals surface area contributed by atoms with E-state index in [1.165, 1.54) is 68.4 Å². The smallest absolute Gasteiger partial charge is 0.497 e. The van der Waals surface area contributed by atoms with Crippen molar-refractivity contribution in [3.05, 3.63) is 76.8 Å². The summed E-state index contributed by atoms with van der Waals surface area (Å²) in [6.07, 6.45) is -6.52. The number of amides is 2. The largest absolute Gasteiger partial charge is 0.573 e. The van der Waals surface area contributed by atoms with Crippen LogP contribution in [0.5, 0.6) is 17.2 Å². The fourth-order valence-electron chi connectivity index (χ4n) is 6.07. The van der Waals surface area contributed by atoms with Gasteiger partial charge >= 0.3 is 6.36 Å².